The summed E-state index contributed by atoms with van der Waals surface area (Å²) in [7, 11) is 0. The number of carbonyl (C=O) groups excluding carboxylic acids is 1. The molecule has 0 atom stereocenters. The van der Waals surface area contributed by atoms with E-state index in [0.717, 1.165) is 22.3 Å². The Balaban J connectivity index is 2.06. The lowest BCUT2D eigenvalue weighted by molar-refractivity contribution is 0.0696. The molecule has 0 saturated carbocycles. The number of carbonyl (C=O) groups is 2. The topological polar surface area (TPSA) is 54.4 Å². The SMILES string of the molecule is Cc1ccc(/C=C2/Cc3cc(C)c(C)cc3C2=O)c(C(=O)O)c1. The van der Waals surface area contributed by atoms with E-state index in [0.29, 0.717) is 17.6 Å². The van der Waals surface area contributed by atoms with E-state index in [-0.39, 0.29) is 11.3 Å². The third-order valence-electron chi connectivity index (χ3n) is 4.41. The molecule has 0 spiro atoms. The monoisotopic (exact) mass is 306 g/mol. The van der Waals surface area contributed by atoms with Crippen molar-refractivity contribution in [3.63, 3.8) is 0 Å². The lowest BCUT2D eigenvalue weighted by Gasteiger charge is -2.04. The number of aryl methyl sites for hydroxylation is 3. The standard InChI is InChI=1S/C20H18O3/c1-11-4-5-14(18(6-11)20(22)23)9-16-10-15-7-12(2)13(3)8-17(15)19(16)21/h4-9H,10H2,1-3H3,(H,22,23)/b16-9-. The van der Waals surface area contributed by atoms with Gasteiger partial charge in [-0.25, -0.2) is 4.79 Å². The molecule has 3 nitrogen and oxygen atoms in total. The number of allylic oxidation sites excluding steroid dienone is 1. The summed E-state index contributed by atoms with van der Waals surface area (Å²) in [6.45, 7) is 5.88. The second-order valence-electron chi connectivity index (χ2n) is 6.16. The Hall–Kier alpha value is -2.68. The predicted molar refractivity (Wildman–Crippen MR) is 90.1 cm³/mol. The smallest absolute Gasteiger partial charge is 0.336 e. The first kappa shape index (κ1) is 15.2. The van der Waals surface area contributed by atoms with Crippen molar-refractivity contribution < 1.29 is 14.7 Å². The molecule has 0 radical (unpaired) electrons. The van der Waals surface area contributed by atoms with Crippen molar-refractivity contribution in [3.05, 3.63) is 74.8 Å². The van der Waals surface area contributed by atoms with E-state index in [1.165, 1.54) is 5.56 Å². The number of benzene rings is 2. The molecule has 116 valence electrons. The third kappa shape index (κ3) is 2.70. The Kier molecular flexibility index (Phi) is 3.64. The maximum atomic E-state index is 12.6. The van der Waals surface area contributed by atoms with Crippen molar-refractivity contribution in [2.45, 2.75) is 27.2 Å². The largest absolute Gasteiger partial charge is 0.478 e. The number of hydrogen-bond acceptors (Lipinski definition) is 2. The van der Waals surface area contributed by atoms with Crippen molar-refractivity contribution in [1.82, 2.24) is 0 Å². The Bertz CT molecular complexity index is 873. The van der Waals surface area contributed by atoms with Crippen LogP contribution in [0.4, 0.5) is 0 Å². The van der Waals surface area contributed by atoms with E-state index < -0.39 is 5.97 Å². The van der Waals surface area contributed by atoms with Gasteiger partial charge >= 0.3 is 5.97 Å². The van der Waals surface area contributed by atoms with Gasteiger partial charge in [-0.05, 0) is 61.2 Å². The Morgan fingerprint density at radius 1 is 1.09 bits per heavy atom. The lowest BCUT2D eigenvalue weighted by Crippen LogP contribution is -2.02. The molecule has 0 saturated heterocycles. The summed E-state index contributed by atoms with van der Waals surface area (Å²) in [4.78, 5) is 24.0. The summed E-state index contributed by atoms with van der Waals surface area (Å²) >= 11 is 0. The van der Waals surface area contributed by atoms with Crippen LogP contribution < -0.4 is 0 Å². The van der Waals surface area contributed by atoms with Gasteiger partial charge in [0.15, 0.2) is 5.78 Å². The number of Topliss-reactive ketones (excluding diaryl/α,β-unsaturated/α-hetero) is 1. The van der Waals surface area contributed by atoms with E-state index in [9.17, 15) is 14.7 Å². The van der Waals surface area contributed by atoms with Crippen LogP contribution in [0, 0.1) is 20.8 Å². The molecule has 3 heteroatoms. The average molecular weight is 306 g/mol. The molecule has 2 aromatic rings. The second kappa shape index (κ2) is 5.51. The first-order valence-corrected chi connectivity index (χ1v) is 7.56. The normalized spacial score (nSPS) is 15.1. The van der Waals surface area contributed by atoms with Crippen LogP contribution in [-0.2, 0) is 6.42 Å². The highest BCUT2D eigenvalue weighted by atomic mass is 16.4. The zero-order chi connectivity index (χ0) is 16.7. The number of ketones is 1. The van der Waals surface area contributed by atoms with E-state index in [1.807, 2.05) is 32.9 Å². The van der Waals surface area contributed by atoms with Crippen LogP contribution in [0.3, 0.4) is 0 Å². The first-order valence-electron chi connectivity index (χ1n) is 7.56. The molecule has 2 aromatic carbocycles. The number of fused-ring (bicyclic) bond motifs is 1. The van der Waals surface area contributed by atoms with Crippen LogP contribution in [0.5, 0.6) is 0 Å². The minimum Gasteiger partial charge on any atom is -0.478 e. The fraction of sp³-hybridized carbons (Fsp3) is 0.200. The molecule has 0 aromatic heterocycles. The van der Waals surface area contributed by atoms with Crippen LogP contribution in [-0.4, -0.2) is 16.9 Å². The molecule has 0 bridgehead atoms. The number of aromatic carboxylic acids is 1. The average Bonchev–Trinajstić information content (AvgIpc) is 2.78. The van der Waals surface area contributed by atoms with Crippen molar-refractivity contribution in [1.29, 1.82) is 0 Å². The third-order valence-corrected chi connectivity index (χ3v) is 4.41. The minimum absolute atomic E-state index is 0.0000128. The highest BCUT2D eigenvalue weighted by molar-refractivity contribution is 6.16. The summed E-state index contributed by atoms with van der Waals surface area (Å²) in [6.07, 6.45) is 2.28. The fourth-order valence-electron chi connectivity index (χ4n) is 2.98. The summed E-state index contributed by atoms with van der Waals surface area (Å²) in [6, 6.07) is 9.24. The minimum atomic E-state index is -0.977. The first-order chi connectivity index (χ1) is 10.9. The highest BCUT2D eigenvalue weighted by Crippen LogP contribution is 2.30. The van der Waals surface area contributed by atoms with Gasteiger partial charge in [0, 0.05) is 17.6 Å². The number of carboxylic acids is 1. The van der Waals surface area contributed by atoms with Gasteiger partial charge in [-0.2, -0.15) is 0 Å². The molecule has 1 N–H and O–H groups in total. The van der Waals surface area contributed by atoms with Crippen LogP contribution in [0.2, 0.25) is 0 Å². The van der Waals surface area contributed by atoms with Gasteiger partial charge in [-0.3, -0.25) is 4.79 Å². The second-order valence-corrected chi connectivity index (χ2v) is 6.16. The molecule has 0 unspecified atom stereocenters. The Morgan fingerprint density at radius 2 is 1.78 bits per heavy atom. The Labute approximate surface area is 135 Å². The molecular weight excluding hydrogens is 288 g/mol. The van der Waals surface area contributed by atoms with Crippen molar-refractivity contribution in [2.75, 3.05) is 0 Å². The molecule has 23 heavy (non-hydrogen) atoms. The maximum Gasteiger partial charge on any atom is 0.336 e. The summed E-state index contributed by atoms with van der Waals surface area (Å²) in [5.41, 5.74) is 6.37. The van der Waals surface area contributed by atoms with E-state index in [2.05, 4.69) is 6.07 Å². The molecule has 0 fully saturated rings. The van der Waals surface area contributed by atoms with Crippen LogP contribution in [0.25, 0.3) is 6.08 Å². The Morgan fingerprint density at radius 3 is 2.48 bits per heavy atom. The molecule has 0 amide bonds. The summed E-state index contributed by atoms with van der Waals surface area (Å²) < 4.78 is 0. The van der Waals surface area contributed by atoms with Crippen molar-refractivity contribution in [3.8, 4) is 0 Å². The molecule has 0 aliphatic heterocycles. The highest BCUT2D eigenvalue weighted by Gasteiger charge is 2.25. The molecule has 1 aliphatic rings. The fourth-order valence-corrected chi connectivity index (χ4v) is 2.98. The number of carboxylic acid groups (broad SMARTS) is 1. The van der Waals surface area contributed by atoms with E-state index >= 15 is 0 Å². The van der Waals surface area contributed by atoms with Gasteiger partial charge in [0.2, 0.25) is 0 Å². The van der Waals surface area contributed by atoms with Gasteiger partial charge in [0.1, 0.15) is 0 Å². The molecular formula is C20H18O3. The van der Waals surface area contributed by atoms with Crippen LogP contribution >= 0.6 is 0 Å². The quantitative estimate of drug-likeness (QED) is 0.849. The van der Waals surface area contributed by atoms with Crippen molar-refractivity contribution in [2.24, 2.45) is 0 Å². The molecule has 0 heterocycles. The van der Waals surface area contributed by atoms with Crippen molar-refractivity contribution >= 4 is 17.8 Å². The predicted octanol–water partition coefficient (Wildman–Crippen LogP) is 4.13. The van der Waals surface area contributed by atoms with Gasteiger partial charge in [0.25, 0.3) is 0 Å². The van der Waals surface area contributed by atoms with Gasteiger partial charge in [-0.1, -0.05) is 23.8 Å². The summed E-state index contributed by atoms with van der Waals surface area (Å²) in [5.74, 6) is -0.977. The maximum absolute atomic E-state index is 12.6. The van der Waals surface area contributed by atoms with Crippen LogP contribution in [0.15, 0.2) is 35.9 Å². The van der Waals surface area contributed by atoms with E-state index in [1.54, 1.807) is 18.2 Å². The van der Waals surface area contributed by atoms with Gasteiger partial charge < -0.3 is 5.11 Å². The lowest BCUT2D eigenvalue weighted by atomic mass is 10.0. The summed E-state index contributed by atoms with van der Waals surface area (Å²) in [5, 5.41) is 9.36. The zero-order valence-electron chi connectivity index (χ0n) is 13.4. The van der Waals surface area contributed by atoms with E-state index in [4.69, 9.17) is 0 Å². The van der Waals surface area contributed by atoms with Gasteiger partial charge in [-0.15, -0.1) is 0 Å². The molecule has 3 rings (SSSR count). The van der Waals surface area contributed by atoms with Crippen LogP contribution in [0.1, 0.15) is 48.5 Å². The zero-order valence-corrected chi connectivity index (χ0v) is 13.4. The number of rotatable bonds is 2. The van der Waals surface area contributed by atoms with Gasteiger partial charge in [0.05, 0.1) is 5.56 Å². The number of hydrogen-bond donors (Lipinski definition) is 1. The molecule has 1 aliphatic carbocycles.